The summed E-state index contributed by atoms with van der Waals surface area (Å²) in [4.78, 5) is 10.3. The van der Waals surface area contributed by atoms with Crippen LogP contribution in [-0.2, 0) is 4.79 Å². The summed E-state index contributed by atoms with van der Waals surface area (Å²) in [5.74, 6) is -47.2. The van der Waals surface area contributed by atoms with Gasteiger partial charge in [-0.2, -0.15) is 65.9 Å². The summed E-state index contributed by atoms with van der Waals surface area (Å²) < 4.78 is 196. The molecule has 0 fully saturated rings. The summed E-state index contributed by atoms with van der Waals surface area (Å²) in [6.07, 6.45) is -10.2. The molecule has 0 unspecified atom stereocenters. The van der Waals surface area contributed by atoms with Crippen LogP contribution in [0.25, 0.3) is 0 Å². The van der Waals surface area contributed by atoms with Crippen LogP contribution in [0, 0.1) is 0 Å². The van der Waals surface area contributed by atoms with E-state index in [1.54, 1.807) is 0 Å². The number of carboxylic acid groups (broad SMARTS) is 1. The van der Waals surface area contributed by atoms with Crippen molar-refractivity contribution >= 4 is 5.97 Å². The first-order valence-electron chi connectivity index (χ1n) is 9.47. The van der Waals surface area contributed by atoms with E-state index in [1.165, 1.54) is 0 Å². The molecule has 0 aliphatic carbocycles. The van der Waals surface area contributed by atoms with Crippen molar-refractivity contribution in [2.45, 2.75) is 99.5 Å². The highest BCUT2D eigenvalue weighted by molar-refractivity contribution is 5.66. The molecule has 0 aromatic rings. The first-order valence-corrected chi connectivity index (χ1v) is 9.47. The van der Waals surface area contributed by atoms with Crippen molar-refractivity contribution < 1.29 is 75.8 Å². The second-order valence-electron chi connectivity index (χ2n) is 7.44. The second-order valence-corrected chi connectivity index (χ2v) is 7.44. The van der Waals surface area contributed by atoms with E-state index in [-0.39, 0.29) is 32.1 Å². The van der Waals surface area contributed by atoms with E-state index >= 15 is 0 Å². The van der Waals surface area contributed by atoms with Crippen LogP contribution in [0.4, 0.5) is 65.9 Å². The molecule has 204 valence electrons. The molecule has 34 heavy (non-hydrogen) atoms. The third kappa shape index (κ3) is 6.15. The van der Waals surface area contributed by atoms with Gasteiger partial charge in [0.1, 0.15) is 0 Å². The third-order valence-corrected chi connectivity index (χ3v) is 4.77. The highest BCUT2D eigenvalue weighted by Gasteiger charge is 2.93. The van der Waals surface area contributed by atoms with Crippen LogP contribution < -0.4 is 0 Å². The topological polar surface area (TPSA) is 37.3 Å². The molecule has 0 saturated carbocycles. The zero-order chi connectivity index (χ0) is 27.4. The number of alkyl halides is 15. The van der Waals surface area contributed by atoms with E-state index in [1.807, 2.05) is 0 Å². The van der Waals surface area contributed by atoms with E-state index in [4.69, 9.17) is 5.11 Å². The second kappa shape index (κ2) is 10.6. The molecule has 2 nitrogen and oxygen atoms in total. The molecule has 17 heteroatoms. The molecule has 0 aliphatic rings. The molecule has 0 rings (SSSR count). The minimum atomic E-state index is -8.25. The molecule has 0 radical (unpaired) electrons. The van der Waals surface area contributed by atoms with Crippen LogP contribution in [0.3, 0.4) is 0 Å². The quantitative estimate of drug-likeness (QED) is 0.169. The van der Waals surface area contributed by atoms with Gasteiger partial charge >= 0.3 is 47.7 Å². The minimum absolute atomic E-state index is 0.0111. The first kappa shape index (κ1) is 32.4. The van der Waals surface area contributed by atoms with Crippen molar-refractivity contribution in [2.24, 2.45) is 0 Å². The van der Waals surface area contributed by atoms with Crippen molar-refractivity contribution in [1.29, 1.82) is 0 Å². The number of unbranched alkanes of at least 4 members (excludes halogenated alkanes) is 6. The number of carboxylic acids is 1. The van der Waals surface area contributed by atoms with Gasteiger partial charge < -0.3 is 5.11 Å². The Hall–Kier alpha value is -1.58. The normalized spacial score (nSPS) is 15.0. The first-order chi connectivity index (χ1) is 14.9. The Labute approximate surface area is 182 Å². The maximum atomic E-state index is 13.6. The van der Waals surface area contributed by atoms with E-state index in [2.05, 4.69) is 0 Å². The standard InChI is InChI=1S/C17H19F15O2/c18-11(19,9-7-5-3-1-2-4-6-8-10(33)34)12(20,21)13(22,23)14(24,25)15(26,27)16(28,29)17(30,31)32/h1-9H2,(H,33,34). The average Bonchev–Trinajstić information content (AvgIpc) is 2.64. The molecular weight excluding hydrogens is 521 g/mol. The van der Waals surface area contributed by atoms with Crippen LogP contribution >= 0.6 is 0 Å². The average molecular weight is 540 g/mol. The number of rotatable bonds is 15. The molecule has 0 bridgehead atoms. The van der Waals surface area contributed by atoms with Crippen molar-refractivity contribution in [3.8, 4) is 0 Å². The lowest BCUT2D eigenvalue weighted by molar-refractivity contribution is -0.452. The smallest absolute Gasteiger partial charge is 0.460 e. The number of hydrogen-bond donors (Lipinski definition) is 1. The molecule has 0 aliphatic heterocycles. The Morgan fingerprint density at radius 3 is 1.18 bits per heavy atom. The van der Waals surface area contributed by atoms with Gasteiger partial charge in [-0.25, -0.2) is 0 Å². The molecular formula is C17H19F15O2. The number of aliphatic carboxylic acids is 1. The third-order valence-electron chi connectivity index (χ3n) is 4.77. The Morgan fingerprint density at radius 2 is 0.794 bits per heavy atom. The zero-order valence-electron chi connectivity index (χ0n) is 16.9. The Bertz CT molecular complexity index is 670. The van der Waals surface area contributed by atoms with Crippen molar-refractivity contribution in [1.82, 2.24) is 0 Å². The van der Waals surface area contributed by atoms with Gasteiger partial charge in [0.25, 0.3) is 0 Å². The van der Waals surface area contributed by atoms with Gasteiger partial charge in [-0.15, -0.1) is 0 Å². The summed E-state index contributed by atoms with van der Waals surface area (Å²) in [6.45, 7) is 0. The summed E-state index contributed by atoms with van der Waals surface area (Å²) in [7, 11) is 0. The zero-order valence-corrected chi connectivity index (χ0v) is 16.9. The van der Waals surface area contributed by atoms with E-state index in [0.29, 0.717) is 12.8 Å². The summed E-state index contributed by atoms with van der Waals surface area (Å²) in [5.41, 5.74) is 0. The Balaban J connectivity index is 5.33. The molecule has 0 aromatic carbocycles. The van der Waals surface area contributed by atoms with Crippen LogP contribution in [0.2, 0.25) is 0 Å². The highest BCUT2D eigenvalue weighted by atomic mass is 19.4. The number of carbonyl (C=O) groups is 1. The van der Waals surface area contributed by atoms with Crippen LogP contribution in [0.1, 0.15) is 57.8 Å². The lowest BCUT2D eigenvalue weighted by atomic mass is 9.89. The predicted molar refractivity (Wildman–Crippen MR) is 84.9 cm³/mol. The van der Waals surface area contributed by atoms with Gasteiger partial charge in [0.05, 0.1) is 0 Å². The molecule has 0 heterocycles. The van der Waals surface area contributed by atoms with Gasteiger partial charge in [-0.05, 0) is 12.8 Å². The number of halogens is 15. The van der Waals surface area contributed by atoms with E-state index < -0.39 is 60.5 Å². The molecule has 1 N–H and O–H groups in total. The fourth-order valence-electron chi connectivity index (χ4n) is 2.66. The van der Waals surface area contributed by atoms with Crippen LogP contribution in [0.15, 0.2) is 0 Å². The van der Waals surface area contributed by atoms with Gasteiger partial charge in [-0.1, -0.05) is 32.1 Å². The van der Waals surface area contributed by atoms with Crippen molar-refractivity contribution in [3.63, 3.8) is 0 Å². The maximum absolute atomic E-state index is 13.6. The summed E-state index contributed by atoms with van der Waals surface area (Å²) in [5, 5.41) is 8.39. The minimum Gasteiger partial charge on any atom is -0.481 e. The molecule has 0 spiro atoms. The molecule has 0 aromatic heterocycles. The highest BCUT2D eigenvalue weighted by Crippen LogP contribution is 2.62. The van der Waals surface area contributed by atoms with Crippen molar-refractivity contribution in [2.75, 3.05) is 0 Å². The Morgan fingerprint density at radius 1 is 0.471 bits per heavy atom. The summed E-state index contributed by atoms with van der Waals surface area (Å²) >= 11 is 0. The van der Waals surface area contributed by atoms with E-state index in [9.17, 15) is 70.7 Å². The fraction of sp³-hybridized carbons (Fsp3) is 0.941. The fourth-order valence-corrected chi connectivity index (χ4v) is 2.66. The van der Waals surface area contributed by atoms with Crippen molar-refractivity contribution in [3.05, 3.63) is 0 Å². The Kier molecular flexibility index (Phi) is 10.1. The van der Waals surface area contributed by atoms with Gasteiger partial charge in [0.2, 0.25) is 0 Å². The van der Waals surface area contributed by atoms with Gasteiger partial charge in [0, 0.05) is 12.8 Å². The predicted octanol–water partition coefficient (Wildman–Crippen LogP) is 7.96. The molecule has 0 atom stereocenters. The number of hydrogen-bond acceptors (Lipinski definition) is 1. The molecule has 0 saturated heterocycles. The molecule has 0 amide bonds. The maximum Gasteiger partial charge on any atom is 0.460 e. The van der Waals surface area contributed by atoms with Gasteiger partial charge in [-0.3, -0.25) is 4.79 Å². The lowest BCUT2D eigenvalue weighted by Gasteiger charge is -2.41. The monoisotopic (exact) mass is 540 g/mol. The lowest BCUT2D eigenvalue weighted by Crippen LogP contribution is -2.72. The van der Waals surface area contributed by atoms with Gasteiger partial charge in [0.15, 0.2) is 0 Å². The van der Waals surface area contributed by atoms with E-state index in [0.717, 1.165) is 0 Å². The summed E-state index contributed by atoms with van der Waals surface area (Å²) in [6, 6.07) is 0. The van der Waals surface area contributed by atoms with Crippen LogP contribution in [0.5, 0.6) is 0 Å². The van der Waals surface area contributed by atoms with Crippen LogP contribution in [-0.4, -0.2) is 52.8 Å². The largest absolute Gasteiger partial charge is 0.481 e. The SMILES string of the molecule is O=C(O)CCCCCCCCCC(F)(F)C(F)(F)C(F)(F)C(F)(F)C(F)(F)C(F)(F)C(F)(F)F.